The summed E-state index contributed by atoms with van der Waals surface area (Å²) in [4.78, 5) is 17.8. The summed E-state index contributed by atoms with van der Waals surface area (Å²) in [5.41, 5.74) is 4.04. The number of aryl methyl sites for hydroxylation is 1. The topological polar surface area (TPSA) is 87.5 Å². The molecule has 0 saturated carbocycles. The van der Waals surface area contributed by atoms with Crippen molar-refractivity contribution in [3.05, 3.63) is 81.5 Å². The number of fused-ring (bicyclic) bond motifs is 1. The summed E-state index contributed by atoms with van der Waals surface area (Å²) in [5.74, 6) is 2.00. The van der Waals surface area contributed by atoms with Gasteiger partial charge in [0.05, 0.1) is 17.2 Å². The highest BCUT2D eigenvalue weighted by Gasteiger charge is 2.36. The second kappa shape index (κ2) is 11.9. The Morgan fingerprint density at radius 1 is 1.30 bits per heavy atom. The van der Waals surface area contributed by atoms with Crippen molar-refractivity contribution < 1.29 is 19.0 Å². The van der Waals surface area contributed by atoms with Crippen molar-refractivity contribution in [3.8, 4) is 11.5 Å². The van der Waals surface area contributed by atoms with Crippen molar-refractivity contribution in [2.45, 2.75) is 38.6 Å². The number of halogens is 1. The number of thioether (sulfide) groups is 1. The Hall–Kier alpha value is -3.24. The monoisotopic (exact) mass is 584 g/mol. The molecule has 1 aliphatic rings. The van der Waals surface area contributed by atoms with Crippen LogP contribution in [0.5, 0.6) is 11.5 Å². The second-order valence-electron chi connectivity index (χ2n) is 8.36. The number of hydrogen-bond acceptors (Lipinski definition) is 8. The molecular formula is C27H29BrN4O4S. The predicted octanol–water partition coefficient (Wildman–Crippen LogP) is 6.07. The number of esters is 1. The number of allylic oxidation sites excluding steroid dienone is 1. The number of carbonyl (C=O) groups is 1. The zero-order valence-corrected chi connectivity index (χ0v) is 23.6. The fraction of sp³-hybridized carbons (Fsp3) is 0.296. The van der Waals surface area contributed by atoms with Crippen LogP contribution in [0, 0.1) is 6.92 Å². The number of ether oxygens (including phenoxy) is 3. The molecule has 0 fully saturated rings. The molecule has 1 aromatic heterocycles. The number of nitrogens with zero attached hydrogens (tertiary/aromatic N) is 3. The highest BCUT2D eigenvalue weighted by atomic mass is 79.9. The predicted molar refractivity (Wildman–Crippen MR) is 148 cm³/mol. The fourth-order valence-corrected chi connectivity index (χ4v) is 5.23. The van der Waals surface area contributed by atoms with E-state index in [-0.39, 0.29) is 6.61 Å². The average Bonchev–Trinajstić information content (AvgIpc) is 3.27. The van der Waals surface area contributed by atoms with Gasteiger partial charge < -0.3 is 19.5 Å². The summed E-state index contributed by atoms with van der Waals surface area (Å²) in [6.45, 7) is 10.0. The van der Waals surface area contributed by atoms with Gasteiger partial charge in [0.1, 0.15) is 19.3 Å². The van der Waals surface area contributed by atoms with Crippen molar-refractivity contribution in [2.75, 3.05) is 24.8 Å². The third kappa shape index (κ3) is 5.86. The van der Waals surface area contributed by atoms with Gasteiger partial charge in [0.2, 0.25) is 11.1 Å². The maximum Gasteiger partial charge on any atom is 0.338 e. The van der Waals surface area contributed by atoms with E-state index in [1.165, 1.54) is 17.8 Å². The van der Waals surface area contributed by atoms with Crippen molar-refractivity contribution in [2.24, 2.45) is 0 Å². The van der Waals surface area contributed by atoms with Crippen LogP contribution < -0.4 is 14.8 Å². The lowest BCUT2D eigenvalue weighted by Crippen LogP contribution is -2.29. The molecule has 194 valence electrons. The summed E-state index contributed by atoms with van der Waals surface area (Å²) < 4.78 is 19.7. The number of aromatic nitrogens is 3. The van der Waals surface area contributed by atoms with Crippen LogP contribution in [0.3, 0.4) is 0 Å². The maximum atomic E-state index is 13.2. The van der Waals surface area contributed by atoms with Crippen LogP contribution in [0.2, 0.25) is 0 Å². The quantitative estimate of drug-likeness (QED) is 0.174. The first-order valence-electron chi connectivity index (χ1n) is 11.8. The minimum absolute atomic E-state index is 0.0994. The van der Waals surface area contributed by atoms with Crippen LogP contribution in [-0.2, 0) is 16.1 Å². The molecule has 10 heteroatoms. The van der Waals surface area contributed by atoms with Gasteiger partial charge in [-0.3, -0.25) is 0 Å². The van der Waals surface area contributed by atoms with Gasteiger partial charge in [-0.25, -0.2) is 9.48 Å². The summed E-state index contributed by atoms with van der Waals surface area (Å²) in [6.07, 6.45) is 1.54. The standard InChI is InChI=1S/C27H29BrN4O4S/c1-6-11-35-25(33)22-17(4)29-26-30-27(37-7-2)31-32(26)23(22)19-13-20(28)24(21(14-19)34-5)36-15-18-10-8-9-16(3)12-18/h6,8-10,12-14,23H,1,7,11,15H2,2-5H3,(H,29,30,31). The SMILES string of the molecule is C=CCOC(=O)C1=C(C)Nc2nc(SCC)nn2C1c1cc(Br)c(OCc2cccc(C)c2)c(OC)c1. The van der Waals surface area contributed by atoms with Crippen LogP contribution in [-0.4, -0.2) is 40.2 Å². The number of nitrogens with one attached hydrogen (secondary N) is 1. The van der Waals surface area contributed by atoms with E-state index in [2.05, 4.69) is 38.9 Å². The highest BCUT2D eigenvalue weighted by Crippen LogP contribution is 2.43. The first-order valence-corrected chi connectivity index (χ1v) is 13.5. The fourth-order valence-electron chi connectivity index (χ4n) is 4.10. The van der Waals surface area contributed by atoms with E-state index in [9.17, 15) is 4.79 Å². The van der Waals surface area contributed by atoms with Crippen molar-refractivity contribution in [1.29, 1.82) is 0 Å². The van der Waals surface area contributed by atoms with E-state index in [4.69, 9.17) is 19.3 Å². The highest BCUT2D eigenvalue weighted by molar-refractivity contribution is 9.10. The second-order valence-corrected chi connectivity index (χ2v) is 10.4. The Bertz CT molecular complexity index is 1350. The zero-order valence-electron chi connectivity index (χ0n) is 21.2. The molecule has 1 atom stereocenters. The van der Waals surface area contributed by atoms with E-state index in [0.717, 1.165) is 22.4 Å². The molecule has 4 rings (SSSR count). The lowest BCUT2D eigenvalue weighted by Gasteiger charge is -2.28. The molecular weight excluding hydrogens is 556 g/mol. The van der Waals surface area contributed by atoms with Crippen LogP contribution in [0.15, 0.2) is 70.0 Å². The summed E-state index contributed by atoms with van der Waals surface area (Å²) in [5, 5.41) is 8.52. The molecule has 0 amide bonds. The number of carbonyl (C=O) groups excluding carboxylic acids is 1. The number of methoxy groups -OCH3 is 1. The van der Waals surface area contributed by atoms with Crippen LogP contribution in [0.1, 0.15) is 36.6 Å². The lowest BCUT2D eigenvalue weighted by molar-refractivity contribution is -0.138. The minimum Gasteiger partial charge on any atom is -0.493 e. The van der Waals surface area contributed by atoms with Gasteiger partial charge in [0, 0.05) is 5.70 Å². The van der Waals surface area contributed by atoms with Gasteiger partial charge in [-0.05, 0) is 58.8 Å². The molecule has 0 bridgehead atoms. The lowest BCUT2D eigenvalue weighted by atomic mass is 9.95. The van der Waals surface area contributed by atoms with E-state index in [0.29, 0.717) is 45.0 Å². The normalized spacial score (nSPS) is 14.6. The number of benzene rings is 2. The molecule has 1 unspecified atom stereocenters. The molecule has 37 heavy (non-hydrogen) atoms. The first-order chi connectivity index (χ1) is 17.9. The Labute approximate surface area is 229 Å². The number of hydrogen-bond donors (Lipinski definition) is 1. The third-order valence-corrected chi connectivity index (χ3v) is 7.00. The first kappa shape index (κ1) is 26.8. The van der Waals surface area contributed by atoms with Crippen molar-refractivity contribution in [1.82, 2.24) is 14.8 Å². The van der Waals surface area contributed by atoms with E-state index < -0.39 is 12.0 Å². The van der Waals surface area contributed by atoms with Crippen molar-refractivity contribution in [3.63, 3.8) is 0 Å². The molecule has 0 aliphatic carbocycles. The Morgan fingerprint density at radius 3 is 2.81 bits per heavy atom. The van der Waals surface area contributed by atoms with Gasteiger partial charge in [0.15, 0.2) is 11.5 Å². The van der Waals surface area contributed by atoms with Gasteiger partial charge in [-0.1, -0.05) is 61.2 Å². The number of rotatable bonds is 10. The largest absolute Gasteiger partial charge is 0.493 e. The maximum absolute atomic E-state index is 13.2. The van der Waals surface area contributed by atoms with E-state index >= 15 is 0 Å². The van der Waals surface area contributed by atoms with E-state index in [1.54, 1.807) is 11.8 Å². The van der Waals surface area contributed by atoms with Gasteiger partial charge in [-0.15, -0.1) is 5.10 Å². The molecule has 1 aliphatic heterocycles. The van der Waals surface area contributed by atoms with Gasteiger partial charge >= 0.3 is 5.97 Å². The summed E-state index contributed by atoms with van der Waals surface area (Å²) >= 11 is 5.19. The molecule has 2 heterocycles. The molecule has 1 N–H and O–H groups in total. The Kier molecular flexibility index (Phi) is 8.60. The van der Waals surface area contributed by atoms with Crippen LogP contribution in [0.4, 0.5) is 5.95 Å². The molecule has 3 aromatic rings. The van der Waals surface area contributed by atoms with Crippen LogP contribution >= 0.6 is 27.7 Å². The summed E-state index contributed by atoms with van der Waals surface area (Å²) in [6, 6.07) is 11.3. The van der Waals surface area contributed by atoms with Gasteiger partial charge in [-0.2, -0.15) is 4.98 Å². The van der Waals surface area contributed by atoms with E-state index in [1.807, 2.05) is 51.1 Å². The molecule has 0 radical (unpaired) electrons. The molecule has 8 nitrogen and oxygen atoms in total. The smallest absolute Gasteiger partial charge is 0.338 e. The third-order valence-electron chi connectivity index (χ3n) is 5.69. The summed E-state index contributed by atoms with van der Waals surface area (Å²) in [7, 11) is 1.59. The minimum atomic E-state index is -0.594. The molecule has 0 saturated heterocycles. The average molecular weight is 586 g/mol. The van der Waals surface area contributed by atoms with Gasteiger partial charge in [0.25, 0.3) is 0 Å². The number of anilines is 1. The Morgan fingerprint density at radius 2 is 2.11 bits per heavy atom. The molecule has 2 aromatic carbocycles. The van der Waals surface area contributed by atoms with Crippen LogP contribution in [0.25, 0.3) is 0 Å². The van der Waals surface area contributed by atoms with Crippen molar-refractivity contribution >= 4 is 39.6 Å². The zero-order chi connectivity index (χ0) is 26.5. The molecule has 0 spiro atoms. The Balaban J connectivity index is 1.76.